The van der Waals surface area contributed by atoms with Crippen LogP contribution in [-0.4, -0.2) is 11.7 Å². The number of hydrogen-bond donors (Lipinski definition) is 1. The first-order valence-electron chi connectivity index (χ1n) is 7.23. The predicted octanol–water partition coefficient (Wildman–Crippen LogP) is 4.76. The molecule has 0 aliphatic heterocycles. The molecule has 0 saturated carbocycles. The van der Waals surface area contributed by atoms with Gasteiger partial charge in [-0.15, -0.1) is 11.8 Å². The lowest BCUT2D eigenvalue weighted by atomic mass is 10.1. The molecule has 0 aromatic heterocycles. The SMILES string of the molecule is Cc1ccccc1CSCC(=O)NC(C)c1ccc(Cl)cc1. The zero-order valence-electron chi connectivity index (χ0n) is 12.8. The van der Waals surface area contributed by atoms with Crippen molar-refractivity contribution in [2.45, 2.75) is 25.6 Å². The van der Waals surface area contributed by atoms with Gasteiger partial charge in [-0.3, -0.25) is 4.79 Å². The normalized spacial score (nSPS) is 12.0. The van der Waals surface area contributed by atoms with E-state index in [1.54, 1.807) is 11.8 Å². The van der Waals surface area contributed by atoms with E-state index in [4.69, 9.17) is 11.6 Å². The molecule has 1 amide bonds. The van der Waals surface area contributed by atoms with Gasteiger partial charge in [0.25, 0.3) is 0 Å². The van der Waals surface area contributed by atoms with E-state index in [0.717, 1.165) is 11.3 Å². The number of halogens is 1. The van der Waals surface area contributed by atoms with Gasteiger partial charge in [0.15, 0.2) is 0 Å². The average molecular weight is 334 g/mol. The molecule has 2 aromatic carbocycles. The van der Waals surface area contributed by atoms with E-state index in [9.17, 15) is 4.79 Å². The smallest absolute Gasteiger partial charge is 0.230 e. The number of thioether (sulfide) groups is 1. The number of carbonyl (C=O) groups excluding carboxylic acids is 1. The first-order chi connectivity index (χ1) is 10.6. The molecule has 0 radical (unpaired) electrons. The maximum atomic E-state index is 12.0. The highest BCUT2D eigenvalue weighted by Crippen LogP contribution is 2.18. The number of rotatable bonds is 6. The van der Waals surface area contributed by atoms with Gasteiger partial charge in [0.05, 0.1) is 11.8 Å². The molecule has 116 valence electrons. The second-order valence-corrected chi connectivity index (χ2v) is 6.68. The molecule has 0 spiro atoms. The second-order valence-electron chi connectivity index (χ2n) is 5.26. The summed E-state index contributed by atoms with van der Waals surface area (Å²) < 4.78 is 0. The molecule has 1 atom stereocenters. The standard InChI is InChI=1S/C18H20ClNOS/c1-13-5-3-4-6-16(13)11-22-12-18(21)20-14(2)15-7-9-17(19)10-8-15/h3-10,14H,11-12H2,1-2H3,(H,20,21). The fourth-order valence-corrected chi connectivity index (χ4v) is 3.18. The van der Waals surface area contributed by atoms with Gasteiger partial charge in [0.1, 0.15) is 0 Å². The molecule has 22 heavy (non-hydrogen) atoms. The summed E-state index contributed by atoms with van der Waals surface area (Å²) >= 11 is 7.51. The fraction of sp³-hybridized carbons (Fsp3) is 0.278. The number of carbonyl (C=O) groups is 1. The van der Waals surface area contributed by atoms with Crippen molar-refractivity contribution < 1.29 is 4.79 Å². The molecule has 1 unspecified atom stereocenters. The topological polar surface area (TPSA) is 29.1 Å². The van der Waals surface area contributed by atoms with Gasteiger partial charge in [0, 0.05) is 10.8 Å². The highest BCUT2D eigenvalue weighted by atomic mass is 35.5. The molecular weight excluding hydrogens is 314 g/mol. The molecule has 1 N–H and O–H groups in total. The Morgan fingerprint density at radius 2 is 1.86 bits per heavy atom. The molecule has 4 heteroatoms. The highest BCUT2D eigenvalue weighted by molar-refractivity contribution is 7.99. The van der Waals surface area contributed by atoms with Gasteiger partial charge in [-0.2, -0.15) is 0 Å². The Labute approximate surface area is 141 Å². The highest BCUT2D eigenvalue weighted by Gasteiger charge is 2.09. The van der Waals surface area contributed by atoms with Crippen LogP contribution >= 0.6 is 23.4 Å². The minimum atomic E-state index is -0.0103. The van der Waals surface area contributed by atoms with Crippen LogP contribution in [0.15, 0.2) is 48.5 Å². The lowest BCUT2D eigenvalue weighted by molar-refractivity contribution is -0.119. The van der Waals surface area contributed by atoms with Crippen molar-refractivity contribution >= 4 is 29.3 Å². The zero-order valence-corrected chi connectivity index (χ0v) is 14.4. The number of benzene rings is 2. The van der Waals surface area contributed by atoms with Gasteiger partial charge in [-0.25, -0.2) is 0 Å². The van der Waals surface area contributed by atoms with Crippen molar-refractivity contribution in [2.24, 2.45) is 0 Å². The van der Waals surface area contributed by atoms with Crippen LogP contribution < -0.4 is 5.32 Å². The van der Waals surface area contributed by atoms with E-state index in [1.807, 2.05) is 43.3 Å². The minimum absolute atomic E-state index is 0.0103. The molecule has 0 heterocycles. The Morgan fingerprint density at radius 1 is 1.18 bits per heavy atom. The van der Waals surface area contributed by atoms with Crippen molar-refractivity contribution in [3.05, 3.63) is 70.2 Å². The molecule has 0 fully saturated rings. The maximum absolute atomic E-state index is 12.0. The van der Waals surface area contributed by atoms with Gasteiger partial charge >= 0.3 is 0 Å². The van der Waals surface area contributed by atoms with Crippen LogP contribution in [0.1, 0.15) is 29.7 Å². The van der Waals surface area contributed by atoms with Crippen LogP contribution in [0.25, 0.3) is 0 Å². The Hall–Kier alpha value is -1.45. The second kappa shape index (κ2) is 8.25. The molecule has 2 rings (SSSR count). The molecule has 0 aliphatic rings. The van der Waals surface area contributed by atoms with Crippen molar-refractivity contribution in [2.75, 3.05) is 5.75 Å². The minimum Gasteiger partial charge on any atom is -0.349 e. The lowest BCUT2D eigenvalue weighted by Gasteiger charge is -2.14. The largest absolute Gasteiger partial charge is 0.349 e. The van der Waals surface area contributed by atoms with Crippen molar-refractivity contribution in [3.8, 4) is 0 Å². The van der Waals surface area contributed by atoms with E-state index < -0.39 is 0 Å². The molecule has 2 nitrogen and oxygen atoms in total. The number of hydrogen-bond acceptors (Lipinski definition) is 2. The fourth-order valence-electron chi connectivity index (χ4n) is 2.14. The van der Waals surface area contributed by atoms with Crippen molar-refractivity contribution in [1.29, 1.82) is 0 Å². The van der Waals surface area contributed by atoms with Gasteiger partial charge in [-0.1, -0.05) is 48.0 Å². The Bertz CT molecular complexity index is 627. The van der Waals surface area contributed by atoms with Crippen LogP contribution in [0.2, 0.25) is 5.02 Å². The third-order valence-corrected chi connectivity index (χ3v) is 4.73. The molecule has 0 saturated heterocycles. The van der Waals surface area contributed by atoms with Crippen LogP contribution in [-0.2, 0) is 10.5 Å². The van der Waals surface area contributed by atoms with Crippen LogP contribution in [0, 0.1) is 6.92 Å². The monoisotopic (exact) mass is 333 g/mol. The van der Waals surface area contributed by atoms with Crippen molar-refractivity contribution in [3.63, 3.8) is 0 Å². The number of amides is 1. The van der Waals surface area contributed by atoms with Crippen LogP contribution in [0.3, 0.4) is 0 Å². The van der Waals surface area contributed by atoms with E-state index in [-0.39, 0.29) is 11.9 Å². The summed E-state index contributed by atoms with van der Waals surface area (Å²) in [7, 11) is 0. The lowest BCUT2D eigenvalue weighted by Crippen LogP contribution is -2.28. The predicted molar refractivity (Wildman–Crippen MR) is 95.4 cm³/mol. The Kier molecular flexibility index (Phi) is 6.34. The molecule has 0 bridgehead atoms. The quantitative estimate of drug-likeness (QED) is 0.825. The number of nitrogens with one attached hydrogen (secondary N) is 1. The molecule has 2 aromatic rings. The maximum Gasteiger partial charge on any atom is 0.230 e. The summed E-state index contributed by atoms with van der Waals surface area (Å²) in [5.74, 6) is 1.38. The van der Waals surface area contributed by atoms with Gasteiger partial charge < -0.3 is 5.32 Å². The van der Waals surface area contributed by atoms with Crippen LogP contribution in [0.5, 0.6) is 0 Å². The van der Waals surface area contributed by atoms with Crippen molar-refractivity contribution in [1.82, 2.24) is 5.32 Å². The third kappa shape index (κ3) is 5.08. The Morgan fingerprint density at radius 3 is 2.55 bits per heavy atom. The van der Waals surface area contributed by atoms with E-state index in [0.29, 0.717) is 10.8 Å². The summed E-state index contributed by atoms with van der Waals surface area (Å²) in [5, 5.41) is 3.72. The Balaban J connectivity index is 1.78. The summed E-state index contributed by atoms with van der Waals surface area (Å²) in [6.07, 6.45) is 0. The summed E-state index contributed by atoms with van der Waals surface area (Å²) in [6, 6.07) is 15.8. The summed E-state index contributed by atoms with van der Waals surface area (Å²) in [5.41, 5.74) is 3.61. The first-order valence-corrected chi connectivity index (χ1v) is 8.76. The first kappa shape index (κ1) is 16.9. The summed E-state index contributed by atoms with van der Waals surface area (Å²) in [6.45, 7) is 4.08. The van der Waals surface area contributed by atoms with E-state index in [2.05, 4.69) is 24.4 Å². The van der Waals surface area contributed by atoms with Gasteiger partial charge in [0.2, 0.25) is 5.91 Å². The van der Waals surface area contributed by atoms with E-state index in [1.165, 1.54) is 11.1 Å². The zero-order chi connectivity index (χ0) is 15.9. The third-order valence-electron chi connectivity index (χ3n) is 3.50. The van der Waals surface area contributed by atoms with Crippen LogP contribution in [0.4, 0.5) is 0 Å². The molecule has 0 aliphatic carbocycles. The number of aryl methyl sites for hydroxylation is 1. The average Bonchev–Trinajstić information content (AvgIpc) is 2.50. The molecular formula is C18H20ClNOS. The summed E-state index contributed by atoms with van der Waals surface area (Å²) in [4.78, 5) is 12.0. The van der Waals surface area contributed by atoms with E-state index >= 15 is 0 Å². The van der Waals surface area contributed by atoms with Gasteiger partial charge in [-0.05, 0) is 42.7 Å².